The lowest BCUT2D eigenvalue weighted by Crippen LogP contribution is -2.06. The molecule has 1 heterocycles. The van der Waals surface area contributed by atoms with E-state index in [0.717, 1.165) is 12.1 Å². The molecule has 0 aliphatic heterocycles. The SMILES string of the molecule is C[C@@H](N)c1nc2c(F)ccc(F)c2[nH]1. The van der Waals surface area contributed by atoms with Gasteiger partial charge in [-0.15, -0.1) is 0 Å². The topological polar surface area (TPSA) is 54.7 Å². The summed E-state index contributed by atoms with van der Waals surface area (Å²) in [4.78, 5) is 6.53. The number of nitrogens with zero attached hydrogens (tertiary/aromatic N) is 1. The largest absolute Gasteiger partial charge is 0.338 e. The maximum Gasteiger partial charge on any atom is 0.151 e. The van der Waals surface area contributed by atoms with Crippen LogP contribution in [0.25, 0.3) is 11.0 Å². The van der Waals surface area contributed by atoms with Gasteiger partial charge < -0.3 is 10.7 Å². The third-order valence-corrected chi connectivity index (χ3v) is 1.99. The zero-order valence-electron chi connectivity index (χ0n) is 7.51. The molecule has 0 aliphatic rings. The zero-order valence-corrected chi connectivity index (χ0v) is 7.51. The summed E-state index contributed by atoms with van der Waals surface area (Å²) in [6.07, 6.45) is 0. The second-order valence-electron chi connectivity index (χ2n) is 3.16. The number of rotatable bonds is 1. The highest BCUT2D eigenvalue weighted by molar-refractivity contribution is 5.76. The van der Waals surface area contributed by atoms with E-state index in [4.69, 9.17) is 5.73 Å². The summed E-state index contributed by atoms with van der Waals surface area (Å²) >= 11 is 0. The second-order valence-corrected chi connectivity index (χ2v) is 3.16. The summed E-state index contributed by atoms with van der Waals surface area (Å²) in [7, 11) is 0. The highest BCUT2D eigenvalue weighted by Gasteiger charge is 2.13. The van der Waals surface area contributed by atoms with E-state index < -0.39 is 11.6 Å². The minimum atomic E-state index is -0.551. The molecule has 3 nitrogen and oxygen atoms in total. The van der Waals surface area contributed by atoms with Crippen molar-refractivity contribution in [3.63, 3.8) is 0 Å². The average Bonchev–Trinajstić information content (AvgIpc) is 2.57. The number of H-pyrrole nitrogens is 1. The first-order valence-corrected chi connectivity index (χ1v) is 4.19. The van der Waals surface area contributed by atoms with Gasteiger partial charge in [0.25, 0.3) is 0 Å². The smallest absolute Gasteiger partial charge is 0.151 e. The lowest BCUT2D eigenvalue weighted by molar-refractivity contribution is 0.615. The summed E-state index contributed by atoms with van der Waals surface area (Å²) in [5.74, 6) is -0.700. The molecule has 2 rings (SSSR count). The normalized spacial score (nSPS) is 13.4. The number of hydrogen-bond acceptors (Lipinski definition) is 2. The lowest BCUT2D eigenvalue weighted by atomic mass is 10.3. The average molecular weight is 197 g/mol. The minimum absolute atomic E-state index is 0.00250. The number of imidazole rings is 1. The molecule has 74 valence electrons. The molecule has 5 heteroatoms. The van der Waals surface area contributed by atoms with Crippen molar-refractivity contribution in [2.45, 2.75) is 13.0 Å². The van der Waals surface area contributed by atoms with E-state index in [0.29, 0.717) is 5.82 Å². The molecule has 0 saturated heterocycles. The Morgan fingerprint density at radius 1 is 1.36 bits per heavy atom. The standard InChI is InChI=1S/C9H9F2N3/c1-4(12)9-13-7-5(10)2-3-6(11)8(7)14-9/h2-4H,12H2,1H3,(H,13,14)/t4-/m1/s1. The first-order chi connectivity index (χ1) is 6.59. The molecular formula is C9H9F2N3. The van der Waals surface area contributed by atoms with Gasteiger partial charge in [0.15, 0.2) is 5.82 Å². The van der Waals surface area contributed by atoms with Crippen LogP contribution >= 0.6 is 0 Å². The zero-order chi connectivity index (χ0) is 10.3. The van der Waals surface area contributed by atoms with Crippen molar-refractivity contribution in [2.24, 2.45) is 5.73 Å². The Labute approximate surface area is 78.9 Å². The molecule has 2 aromatic rings. The molecule has 1 atom stereocenters. The molecule has 0 aliphatic carbocycles. The van der Waals surface area contributed by atoms with E-state index in [-0.39, 0.29) is 17.1 Å². The van der Waals surface area contributed by atoms with Gasteiger partial charge in [-0.25, -0.2) is 13.8 Å². The third kappa shape index (κ3) is 1.26. The molecule has 1 aromatic heterocycles. The van der Waals surface area contributed by atoms with Crippen molar-refractivity contribution in [2.75, 3.05) is 0 Å². The molecule has 0 spiro atoms. The van der Waals surface area contributed by atoms with Gasteiger partial charge in [0.05, 0.1) is 6.04 Å². The third-order valence-electron chi connectivity index (χ3n) is 1.99. The van der Waals surface area contributed by atoms with Crippen molar-refractivity contribution in [3.05, 3.63) is 29.6 Å². The first kappa shape index (κ1) is 9.08. The van der Waals surface area contributed by atoms with Crippen LogP contribution in [-0.4, -0.2) is 9.97 Å². The van der Waals surface area contributed by atoms with Gasteiger partial charge in [0.2, 0.25) is 0 Å². The van der Waals surface area contributed by atoms with Gasteiger partial charge >= 0.3 is 0 Å². The van der Waals surface area contributed by atoms with Crippen molar-refractivity contribution >= 4 is 11.0 Å². The monoisotopic (exact) mass is 197 g/mol. The summed E-state index contributed by atoms with van der Waals surface area (Å²) < 4.78 is 26.3. The Balaban J connectivity index is 2.75. The van der Waals surface area contributed by atoms with Gasteiger partial charge in [0.1, 0.15) is 22.7 Å². The van der Waals surface area contributed by atoms with Crippen LogP contribution in [0.5, 0.6) is 0 Å². The lowest BCUT2D eigenvalue weighted by Gasteiger charge is -1.96. The number of aromatic amines is 1. The maximum atomic E-state index is 13.2. The van der Waals surface area contributed by atoms with Crippen LogP contribution in [-0.2, 0) is 0 Å². The van der Waals surface area contributed by atoms with Crippen molar-refractivity contribution in [1.82, 2.24) is 9.97 Å². The number of fused-ring (bicyclic) bond motifs is 1. The molecule has 0 amide bonds. The van der Waals surface area contributed by atoms with E-state index in [2.05, 4.69) is 9.97 Å². The molecule has 1 aromatic carbocycles. The van der Waals surface area contributed by atoms with E-state index in [9.17, 15) is 8.78 Å². The van der Waals surface area contributed by atoms with Crippen LogP contribution in [0.4, 0.5) is 8.78 Å². The fourth-order valence-corrected chi connectivity index (χ4v) is 1.26. The van der Waals surface area contributed by atoms with Crippen LogP contribution in [0.1, 0.15) is 18.8 Å². The quantitative estimate of drug-likeness (QED) is 0.733. The van der Waals surface area contributed by atoms with Gasteiger partial charge in [-0.1, -0.05) is 0 Å². The van der Waals surface area contributed by atoms with E-state index >= 15 is 0 Å². The number of nitrogens with one attached hydrogen (secondary N) is 1. The molecule has 3 N–H and O–H groups in total. The van der Waals surface area contributed by atoms with Crippen LogP contribution in [0.15, 0.2) is 12.1 Å². The predicted octanol–water partition coefficient (Wildman–Crippen LogP) is 1.86. The molecular weight excluding hydrogens is 188 g/mol. The van der Waals surface area contributed by atoms with E-state index in [1.54, 1.807) is 6.92 Å². The highest BCUT2D eigenvalue weighted by atomic mass is 19.1. The van der Waals surface area contributed by atoms with Crippen molar-refractivity contribution in [3.8, 4) is 0 Å². The Kier molecular flexibility index (Phi) is 1.96. The predicted molar refractivity (Wildman–Crippen MR) is 48.6 cm³/mol. The minimum Gasteiger partial charge on any atom is -0.338 e. The maximum absolute atomic E-state index is 13.2. The molecule has 0 saturated carbocycles. The summed E-state index contributed by atoms with van der Waals surface area (Å²) in [6, 6.07) is 1.73. The number of aromatic nitrogens is 2. The van der Waals surface area contributed by atoms with Gasteiger partial charge in [-0.05, 0) is 19.1 Å². The Morgan fingerprint density at radius 3 is 2.57 bits per heavy atom. The van der Waals surface area contributed by atoms with Crippen LogP contribution in [0.2, 0.25) is 0 Å². The van der Waals surface area contributed by atoms with Gasteiger partial charge in [-0.3, -0.25) is 0 Å². The van der Waals surface area contributed by atoms with Crippen LogP contribution in [0, 0.1) is 11.6 Å². The van der Waals surface area contributed by atoms with Crippen LogP contribution < -0.4 is 5.73 Å². The summed E-state index contributed by atoms with van der Waals surface area (Å²) in [5.41, 5.74) is 5.60. The second kappa shape index (κ2) is 3.02. The number of nitrogens with two attached hydrogens (primary N) is 1. The fourth-order valence-electron chi connectivity index (χ4n) is 1.26. The Bertz CT molecular complexity index is 437. The summed E-state index contributed by atoms with van der Waals surface area (Å²) in [5, 5.41) is 0. The molecule has 0 radical (unpaired) electrons. The van der Waals surface area contributed by atoms with E-state index in [1.165, 1.54) is 0 Å². The summed E-state index contributed by atoms with van der Waals surface area (Å²) in [6.45, 7) is 1.69. The van der Waals surface area contributed by atoms with Crippen molar-refractivity contribution in [1.29, 1.82) is 0 Å². The highest BCUT2D eigenvalue weighted by Crippen LogP contribution is 2.20. The fraction of sp³-hybridized carbons (Fsp3) is 0.222. The Morgan fingerprint density at radius 2 is 2.00 bits per heavy atom. The van der Waals surface area contributed by atoms with Crippen molar-refractivity contribution < 1.29 is 8.78 Å². The van der Waals surface area contributed by atoms with Crippen LogP contribution in [0.3, 0.4) is 0 Å². The molecule has 14 heavy (non-hydrogen) atoms. The van der Waals surface area contributed by atoms with Gasteiger partial charge in [0, 0.05) is 0 Å². The number of hydrogen-bond donors (Lipinski definition) is 2. The molecule has 0 bridgehead atoms. The number of benzene rings is 1. The van der Waals surface area contributed by atoms with E-state index in [1.807, 2.05) is 0 Å². The molecule has 0 unspecified atom stereocenters. The molecule has 0 fully saturated rings. The Hall–Kier alpha value is -1.49. The first-order valence-electron chi connectivity index (χ1n) is 4.19. The number of halogens is 2. The van der Waals surface area contributed by atoms with Gasteiger partial charge in [-0.2, -0.15) is 0 Å².